The van der Waals surface area contributed by atoms with Crippen molar-refractivity contribution in [3.63, 3.8) is 0 Å². The Balaban J connectivity index is 0.00000324. The summed E-state index contributed by atoms with van der Waals surface area (Å²) in [4.78, 5) is 14.1. The van der Waals surface area contributed by atoms with E-state index in [4.69, 9.17) is 11.6 Å². The van der Waals surface area contributed by atoms with E-state index in [9.17, 15) is 14.3 Å². The molecule has 3 aromatic rings. The first-order valence-electron chi connectivity index (χ1n) is 11.5. The summed E-state index contributed by atoms with van der Waals surface area (Å²) in [5.74, 6) is -0.0928. The van der Waals surface area contributed by atoms with E-state index in [0.29, 0.717) is 36.5 Å². The largest absolute Gasteiger partial charge is 0.380 e. The van der Waals surface area contributed by atoms with E-state index in [2.05, 4.69) is 0 Å². The third-order valence-corrected chi connectivity index (χ3v) is 6.97. The van der Waals surface area contributed by atoms with Gasteiger partial charge < -0.3 is 5.11 Å². The molecule has 1 N–H and O–H groups in total. The normalized spacial score (nSPS) is 17.4. The maximum absolute atomic E-state index is 15.0. The molecule has 0 amide bonds. The molecule has 3 nitrogen and oxygen atoms in total. The Kier molecular flexibility index (Phi) is 9.26. The zero-order valence-electron chi connectivity index (χ0n) is 18.9. The number of carbonyl (C=O) groups is 1. The van der Waals surface area contributed by atoms with Crippen LogP contribution < -0.4 is 0 Å². The van der Waals surface area contributed by atoms with Gasteiger partial charge >= 0.3 is 0 Å². The van der Waals surface area contributed by atoms with E-state index in [1.165, 1.54) is 0 Å². The molecular formula is C28H30Cl2FNO2. The second-order valence-electron chi connectivity index (χ2n) is 8.71. The molecule has 1 heterocycles. The zero-order valence-corrected chi connectivity index (χ0v) is 20.5. The number of hydrogen-bond acceptors (Lipinski definition) is 3. The van der Waals surface area contributed by atoms with Gasteiger partial charge in [0.15, 0.2) is 12.1 Å². The lowest BCUT2D eigenvalue weighted by Gasteiger charge is -2.43. The molecule has 2 unspecified atom stereocenters. The molecule has 0 saturated carbocycles. The van der Waals surface area contributed by atoms with Crippen LogP contribution in [0.25, 0.3) is 0 Å². The average molecular weight is 502 g/mol. The molecule has 1 saturated heterocycles. The number of rotatable bonds is 8. The van der Waals surface area contributed by atoms with Crippen molar-refractivity contribution in [2.24, 2.45) is 5.92 Å². The molecule has 180 valence electrons. The van der Waals surface area contributed by atoms with E-state index < -0.39 is 11.9 Å². The monoisotopic (exact) mass is 501 g/mol. The third kappa shape index (κ3) is 5.87. The summed E-state index contributed by atoms with van der Waals surface area (Å²) in [6, 6.07) is 26.0. The van der Waals surface area contributed by atoms with Gasteiger partial charge in [-0.05, 0) is 48.4 Å². The molecule has 6 heteroatoms. The number of halogens is 3. The lowest BCUT2D eigenvalue weighted by Crippen LogP contribution is -2.46. The van der Waals surface area contributed by atoms with E-state index in [1.54, 1.807) is 29.2 Å². The lowest BCUT2D eigenvalue weighted by molar-refractivity contribution is -0.0362. The number of aliphatic hydroxyl groups is 1. The molecule has 0 radical (unpaired) electrons. The predicted octanol–water partition coefficient (Wildman–Crippen LogP) is 6.67. The number of piperidine rings is 1. The van der Waals surface area contributed by atoms with Crippen molar-refractivity contribution in [1.82, 2.24) is 4.90 Å². The SMILES string of the molecule is Cl.O=C(CCC(F)N1CCC(C(O)(c2ccccc2)c2ccc(Cl)cc2)CC1)c1ccccc1. The average Bonchev–Trinajstić information content (AvgIpc) is 2.88. The minimum absolute atomic E-state index is 0. The topological polar surface area (TPSA) is 40.5 Å². The molecule has 3 aromatic carbocycles. The predicted molar refractivity (Wildman–Crippen MR) is 137 cm³/mol. The fourth-order valence-electron chi connectivity index (χ4n) is 4.83. The van der Waals surface area contributed by atoms with Crippen LogP contribution in [0.4, 0.5) is 4.39 Å². The lowest BCUT2D eigenvalue weighted by atomic mass is 9.72. The van der Waals surface area contributed by atoms with Crippen molar-refractivity contribution < 1.29 is 14.3 Å². The van der Waals surface area contributed by atoms with Gasteiger partial charge in [-0.2, -0.15) is 0 Å². The van der Waals surface area contributed by atoms with Gasteiger partial charge in [-0.15, -0.1) is 12.4 Å². The minimum atomic E-state index is -1.17. The first kappa shape index (κ1) is 26.4. The van der Waals surface area contributed by atoms with Crippen LogP contribution in [0.5, 0.6) is 0 Å². The number of Topliss-reactive ketones (excluding diaryl/α,β-unsaturated/α-hetero) is 1. The van der Waals surface area contributed by atoms with Gasteiger partial charge in [-0.25, -0.2) is 4.39 Å². The van der Waals surface area contributed by atoms with Crippen molar-refractivity contribution in [3.8, 4) is 0 Å². The number of ketones is 1. The summed E-state index contributed by atoms with van der Waals surface area (Å²) in [5, 5.41) is 12.6. The number of benzene rings is 3. The van der Waals surface area contributed by atoms with Crippen LogP contribution in [-0.2, 0) is 5.60 Å². The molecule has 4 rings (SSSR count). The molecule has 1 aliphatic heterocycles. The van der Waals surface area contributed by atoms with E-state index in [1.807, 2.05) is 60.7 Å². The van der Waals surface area contributed by atoms with Crippen molar-refractivity contribution in [2.45, 2.75) is 37.6 Å². The van der Waals surface area contributed by atoms with E-state index >= 15 is 0 Å². The second kappa shape index (κ2) is 11.9. The van der Waals surface area contributed by atoms with Gasteiger partial charge in [0.2, 0.25) is 0 Å². The van der Waals surface area contributed by atoms with E-state index in [0.717, 1.165) is 11.1 Å². The number of nitrogens with zero attached hydrogens (tertiary/aromatic N) is 1. The number of hydrogen-bond donors (Lipinski definition) is 1. The van der Waals surface area contributed by atoms with Crippen LogP contribution in [0.15, 0.2) is 84.9 Å². The highest BCUT2D eigenvalue weighted by molar-refractivity contribution is 6.30. The Labute approximate surface area is 212 Å². The quantitative estimate of drug-likeness (QED) is 0.276. The molecule has 34 heavy (non-hydrogen) atoms. The van der Waals surface area contributed by atoms with Crippen LogP contribution in [0, 0.1) is 5.92 Å². The minimum Gasteiger partial charge on any atom is -0.380 e. The molecule has 0 bridgehead atoms. The van der Waals surface area contributed by atoms with Crippen LogP contribution in [-0.4, -0.2) is 35.2 Å². The summed E-state index contributed by atoms with van der Waals surface area (Å²) in [6.45, 7) is 1.07. The highest BCUT2D eigenvalue weighted by Crippen LogP contribution is 2.42. The van der Waals surface area contributed by atoms with Gasteiger partial charge in [0, 0.05) is 30.1 Å². The molecular weight excluding hydrogens is 472 g/mol. The van der Waals surface area contributed by atoms with Crippen molar-refractivity contribution in [3.05, 3.63) is 107 Å². The molecule has 0 aromatic heterocycles. The van der Waals surface area contributed by atoms with E-state index in [-0.39, 0.29) is 36.9 Å². The smallest absolute Gasteiger partial charge is 0.163 e. The number of alkyl halides is 1. The summed E-state index contributed by atoms with van der Waals surface area (Å²) in [6.07, 6.45) is 0.504. The van der Waals surface area contributed by atoms with Crippen LogP contribution in [0.2, 0.25) is 5.02 Å². The molecule has 1 aliphatic rings. The highest BCUT2D eigenvalue weighted by atomic mass is 35.5. The summed E-state index contributed by atoms with van der Waals surface area (Å²) in [7, 11) is 0. The first-order chi connectivity index (χ1) is 16.0. The first-order valence-corrected chi connectivity index (χ1v) is 11.9. The maximum Gasteiger partial charge on any atom is 0.163 e. The van der Waals surface area contributed by atoms with Gasteiger partial charge in [0.1, 0.15) is 5.60 Å². The standard InChI is InChI=1S/C28H29ClFNO2.ClH/c29-25-13-11-23(12-14-25)28(33,22-9-5-2-6-10-22)24-17-19-31(20-18-24)27(30)16-15-26(32)21-7-3-1-4-8-21;/h1-14,24,27,33H,15-20H2;1H. The summed E-state index contributed by atoms with van der Waals surface area (Å²) in [5.41, 5.74) is 1.07. The van der Waals surface area contributed by atoms with Crippen LogP contribution in [0.1, 0.15) is 47.2 Å². The molecule has 0 aliphatic carbocycles. The Morgan fingerprint density at radius 1 is 0.941 bits per heavy atom. The van der Waals surface area contributed by atoms with Crippen molar-refractivity contribution >= 4 is 29.8 Å². The van der Waals surface area contributed by atoms with Crippen LogP contribution in [0.3, 0.4) is 0 Å². The molecule has 1 fully saturated rings. The van der Waals surface area contributed by atoms with Gasteiger partial charge in [0.05, 0.1) is 0 Å². The van der Waals surface area contributed by atoms with Crippen molar-refractivity contribution in [2.75, 3.05) is 13.1 Å². The second-order valence-corrected chi connectivity index (χ2v) is 9.15. The van der Waals surface area contributed by atoms with Gasteiger partial charge in [-0.1, -0.05) is 84.4 Å². The number of likely N-dealkylation sites (tertiary alicyclic amines) is 1. The Bertz CT molecular complexity index is 1040. The summed E-state index contributed by atoms with van der Waals surface area (Å²) < 4.78 is 15.0. The fraction of sp³-hybridized carbons (Fsp3) is 0.321. The molecule has 0 spiro atoms. The Morgan fingerprint density at radius 2 is 1.47 bits per heavy atom. The Morgan fingerprint density at radius 3 is 2.06 bits per heavy atom. The molecule has 2 atom stereocenters. The number of carbonyl (C=O) groups excluding carboxylic acids is 1. The highest BCUT2D eigenvalue weighted by Gasteiger charge is 2.42. The van der Waals surface area contributed by atoms with Gasteiger partial charge in [0.25, 0.3) is 0 Å². The Hall–Kier alpha value is -2.24. The van der Waals surface area contributed by atoms with Gasteiger partial charge in [-0.3, -0.25) is 9.69 Å². The third-order valence-electron chi connectivity index (χ3n) is 6.72. The fourth-order valence-corrected chi connectivity index (χ4v) is 4.96. The maximum atomic E-state index is 15.0. The summed E-state index contributed by atoms with van der Waals surface area (Å²) >= 11 is 6.08. The zero-order chi connectivity index (χ0) is 23.3. The van der Waals surface area contributed by atoms with Crippen LogP contribution >= 0.6 is 24.0 Å². The van der Waals surface area contributed by atoms with Crippen molar-refractivity contribution in [1.29, 1.82) is 0 Å².